The number of nitrogens with zero attached hydrogens (tertiary/aromatic N) is 2. The molecular weight excluding hydrogens is 192 g/mol. The summed E-state index contributed by atoms with van der Waals surface area (Å²) < 4.78 is 0. The molecule has 0 aliphatic carbocycles. The van der Waals surface area contributed by atoms with Crippen molar-refractivity contribution >= 4 is 5.91 Å². The maximum atomic E-state index is 11.7. The van der Waals surface area contributed by atoms with Crippen molar-refractivity contribution < 1.29 is 4.79 Å². The van der Waals surface area contributed by atoms with Crippen LogP contribution in [0.5, 0.6) is 0 Å². The van der Waals surface area contributed by atoms with Gasteiger partial charge in [0.2, 0.25) is 5.91 Å². The normalized spacial score (nSPS) is 12.5. The number of hydrogen-bond acceptors (Lipinski definition) is 3. The molecule has 0 bridgehead atoms. The Morgan fingerprint density at radius 1 is 1.73 bits per heavy atom. The topological polar surface area (TPSA) is 61.0 Å². The fourth-order valence-electron chi connectivity index (χ4n) is 1.22. The molecule has 2 N–H and O–H groups in total. The predicted octanol–water partition coefficient (Wildman–Crippen LogP) is 0.366. The number of amides is 1. The van der Waals surface area contributed by atoms with E-state index < -0.39 is 0 Å². The van der Waals surface area contributed by atoms with E-state index in [0.29, 0.717) is 6.54 Å². The van der Waals surface area contributed by atoms with Crippen molar-refractivity contribution in [2.45, 2.75) is 26.4 Å². The highest BCUT2D eigenvalue weighted by molar-refractivity contribution is 5.81. The molecule has 5 heteroatoms. The first-order valence-electron chi connectivity index (χ1n) is 5.10. The predicted molar refractivity (Wildman–Crippen MR) is 58.2 cm³/mol. The van der Waals surface area contributed by atoms with Crippen molar-refractivity contribution in [3.63, 3.8) is 0 Å². The van der Waals surface area contributed by atoms with Crippen LogP contribution in [0.3, 0.4) is 0 Å². The first-order chi connectivity index (χ1) is 7.15. The van der Waals surface area contributed by atoms with E-state index in [1.54, 1.807) is 24.5 Å². The smallest absolute Gasteiger partial charge is 0.239 e. The Balaban J connectivity index is 2.35. The molecule has 1 atom stereocenters. The highest BCUT2D eigenvalue weighted by Gasteiger charge is 2.15. The number of carbonyl (C=O) groups is 1. The standard InChI is InChI=1S/C10H18N4O/c1-4-14(3)10(15)8(2)12-6-9-5-11-7-13-9/h5,7-8,12H,4,6H2,1-3H3,(H,11,13). The summed E-state index contributed by atoms with van der Waals surface area (Å²) in [6.07, 6.45) is 3.37. The zero-order chi connectivity index (χ0) is 11.3. The average Bonchev–Trinajstić information content (AvgIpc) is 2.76. The van der Waals surface area contributed by atoms with Crippen LogP contribution >= 0.6 is 0 Å². The molecule has 1 heterocycles. The van der Waals surface area contributed by atoms with Gasteiger partial charge in [-0.3, -0.25) is 4.79 Å². The summed E-state index contributed by atoms with van der Waals surface area (Å²) >= 11 is 0. The summed E-state index contributed by atoms with van der Waals surface area (Å²) in [6.45, 7) is 5.18. The third-order valence-electron chi connectivity index (χ3n) is 2.37. The number of aromatic amines is 1. The van der Waals surface area contributed by atoms with Crippen LogP contribution in [-0.4, -0.2) is 40.4 Å². The largest absolute Gasteiger partial charge is 0.347 e. The Hall–Kier alpha value is -1.36. The molecule has 5 nitrogen and oxygen atoms in total. The van der Waals surface area contributed by atoms with E-state index >= 15 is 0 Å². The van der Waals surface area contributed by atoms with Gasteiger partial charge in [0.25, 0.3) is 0 Å². The molecule has 1 rings (SSSR count). The van der Waals surface area contributed by atoms with Gasteiger partial charge in [0.15, 0.2) is 0 Å². The van der Waals surface area contributed by atoms with Gasteiger partial charge in [0.05, 0.1) is 12.4 Å². The van der Waals surface area contributed by atoms with Gasteiger partial charge in [-0.25, -0.2) is 4.98 Å². The lowest BCUT2D eigenvalue weighted by atomic mass is 10.3. The van der Waals surface area contributed by atoms with Crippen molar-refractivity contribution in [1.29, 1.82) is 0 Å². The van der Waals surface area contributed by atoms with Crippen LogP contribution in [0.4, 0.5) is 0 Å². The van der Waals surface area contributed by atoms with Crippen molar-refractivity contribution in [3.8, 4) is 0 Å². The SMILES string of the molecule is CCN(C)C(=O)C(C)NCc1cnc[nH]1. The molecule has 1 unspecified atom stereocenters. The summed E-state index contributed by atoms with van der Waals surface area (Å²) in [7, 11) is 1.80. The molecule has 1 amide bonds. The quantitative estimate of drug-likeness (QED) is 0.738. The van der Waals surface area contributed by atoms with E-state index in [1.165, 1.54) is 0 Å². The summed E-state index contributed by atoms with van der Waals surface area (Å²) in [5, 5.41) is 3.14. The number of likely N-dealkylation sites (N-methyl/N-ethyl adjacent to an activating group) is 1. The van der Waals surface area contributed by atoms with Crippen molar-refractivity contribution in [1.82, 2.24) is 20.2 Å². The average molecular weight is 210 g/mol. The summed E-state index contributed by atoms with van der Waals surface area (Å²) in [6, 6.07) is -0.168. The van der Waals surface area contributed by atoms with Gasteiger partial charge in [-0.2, -0.15) is 0 Å². The molecule has 0 aromatic carbocycles. The Bertz CT molecular complexity index is 296. The molecule has 0 saturated carbocycles. The number of hydrogen-bond donors (Lipinski definition) is 2. The summed E-state index contributed by atoms with van der Waals surface area (Å²) in [5.74, 6) is 0.108. The minimum Gasteiger partial charge on any atom is -0.347 e. The second-order valence-electron chi connectivity index (χ2n) is 3.53. The highest BCUT2D eigenvalue weighted by Crippen LogP contribution is 1.95. The fraction of sp³-hybridized carbons (Fsp3) is 0.600. The Morgan fingerprint density at radius 2 is 2.47 bits per heavy atom. The number of nitrogens with one attached hydrogen (secondary N) is 2. The molecule has 1 aromatic heterocycles. The molecule has 0 aliphatic heterocycles. The van der Waals surface area contributed by atoms with E-state index in [0.717, 1.165) is 12.2 Å². The van der Waals surface area contributed by atoms with Crippen molar-refractivity contribution in [2.75, 3.05) is 13.6 Å². The van der Waals surface area contributed by atoms with E-state index in [9.17, 15) is 4.79 Å². The molecule has 0 fully saturated rings. The Labute approximate surface area is 89.9 Å². The third kappa shape index (κ3) is 3.36. The van der Waals surface area contributed by atoms with Gasteiger partial charge in [-0.1, -0.05) is 0 Å². The third-order valence-corrected chi connectivity index (χ3v) is 2.37. The highest BCUT2D eigenvalue weighted by atomic mass is 16.2. The number of rotatable bonds is 5. The summed E-state index contributed by atoms with van der Waals surface area (Å²) in [4.78, 5) is 20.3. The molecule has 0 spiro atoms. The van der Waals surface area contributed by atoms with Crippen LogP contribution in [0.1, 0.15) is 19.5 Å². The van der Waals surface area contributed by atoms with Crippen molar-refractivity contribution in [2.24, 2.45) is 0 Å². The van der Waals surface area contributed by atoms with Crippen LogP contribution in [-0.2, 0) is 11.3 Å². The zero-order valence-electron chi connectivity index (χ0n) is 9.45. The van der Waals surface area contributed by atoms with Gasteiger partial charge in [0, 0.05) is 32.0 Å². The van der Waals surface area contributed by atoms with Crippen LogP contribution in [0.25, 0.3) is 0 Å². The van der Waals surface area contributed by atoms with Crippen LogP contribution in [0.15, 0.2) is 12.5 Å². The molecular formula is C10H18N4O. The second kappa shape index (κ2) is 5.50. The number of imidazole rings is 1. The molecule has 15 heavy (non-hydrogen) atoms. The van der Waals surface area contributed by atoms with Gasteiger partial charge in [-0.05, 0) is 13.8 Å². The molecule has 84 valence electrons. The van der Waals surface area contributed by atoms with E-state index in [2.05, 4.69) is 15.3 Å². The minimum absolute atomic E-state index is 0.108. The van der Waals surface area contributed by atoms with Crippen LogP contribution in [0.2, 0.25) is 0 Å². The monoisotopic (exact) mass is 210 g/mol. The van der Waals surface area contributed by atoms with Crippen LogP contribution < -0.4 is 5.32 Å². The Morgan fingerprint density at radius 3 is 3.00 bits per heavy atom. The summed E-state index contributed by atoms with van der Waals surface area (Å²) in [5.41, 5.74) is 0.980. The second-order valence-corrected chi connectivity index (χ2v) is 3.53. The van der Waals surface area contributed by atoms with Gasteiger partial charge in [-0.15, -0.1) is 0 Å². The first kappa shape index (κ1) is 11.7. The zero-order valence-corrected chi connectivity index (χ0v) is 9.45. The van der Waals surface area contributed by atoms with E-state index in [-0.39, 0.29) is 11.9 Å². The minimum atomic E-state index is -0.168. The number of aromatic nitrogens is 2. The van der Waals surface area contributed by atoms with E-state index in [1.807, 2.05) is 13.8 Å². The van der Waals surface area contributed by atoms with Crippen molar-refractivity contribution in [3.05, 3.63) is 18.2 Å². The lowest BCUT2D eigenvalue weighted by molar-refractivity contribution is -0.131. The Kier molecular flexibility index (Phi) is 4.30. The number of carbonyl (C=O) groups excluding carboxylic acids is 1. The fourth-order valence-corrected chi connectivity index (χ4v) is 1.22. The maximum absolute atomic E-state index is 11.7. The first-order valence-corrected chi connectivity index (χ1v) is 5.10. The van der Waals surface area contributed by atoms with E-state index in [4.69, 9.17) is 0 Å². The van der Waals surface area contributed by atoms with Gasteiger partial charge in [0.1, 0.15) is 0 Å². The van der Waals surface area contributed by atoms with Crippen LogP contribution in [0, 0.1) is 0 Å². The molecule has 0 radical (unpaired) electrons. The van der Waals surface area contributed by atoms with Gasteiger partial charge >= 0.3 is 0 Å². The molecule has 0 saturated heterocycles. The maximum Gasteiger partial charge on any atom is 0.239 e. The lowest BCUT2D eigenvalue weighted by Crippen LogP contribution is -2.42. The lowest BCUT2D eigenvalue weighted by Gasteiger charge is -2.20. The molecule has 0 aliphatic rings. The number of H-pyrrole nitrogens is 1. The van der Waals surface area contributed by atoms with Gasteiger partial charge < -0.3 is 15.2 Å². The molecule has 1 aromatic rings.